The maximum absolute atomic E-state index is 13.6. The summed E-state index contributed by atoms with van der Waals surface area (Å²) in [5.41, 5.74) is 2.47. The van der Waals surface area contributed by atoms with Crippen LogP contribution in [0.4, 0.5) is 0 Å². The minimum atomic E-state index is -3.46. The van der Waals surface area contributed by atoms with Crippen molar-refractivity contribution in [1.82, 2.24) is 9.88 Å². The van der Waals surface area contributed by atoms with Crippen LogP contribution in [0.1, 0.15) is 43.4 Å². The number of methoxy groups -OCH3 is 2. The molecule has 3 rings (SSSR count). The molecular weight excluding hydrogens is 500 g/mol. The first-order valence-corrected chi connectivity index (χ1v) is 14.3. The molecular formula is C26H30N2O6S2. The van der Waals surface area contributed by atoms with E-state index in [9.17, 15) is 18.0 Å². The number of carbonyl (C=O) groups excluding carboxylic acids is 2. The van der Waals surface area contributed by atoms with Crippen LogP contribution < -0.4 is 9.47 Å². The lowest BCUT2D eigenvalue weighted by molar-refractivity contribution is 0.0740. The van der Waals surface area contributed by atoms with Crippen LogP contribution in [0.3, 0.4) is 0 Å². The Kier molecular flexibility index (Phi) is 9.22. The Hall–Kier alpha value is -3.24. The van der Waals surface area contributed by atoms with Crippen molar-refractivity contribution in [2.75, 3.05) is 32.8 Å². The summed E-state index contributed by atoms with van der Waals surface area (Å²) in [5, 5.41) is 2.08. The molecule has 192 valence electrons. The van der Waals surface area contributed by atoms with Gasteiger partial charge in [0.05, 0.1) is 20.8 Å². The van der Waals surface area contributed by atoms with Crippen molar-refractivity contribution in [1.29, 1.82) is 0 Å². The lowest BCUT2D eigenvalue weighted by Gasteiger charge is -2.23. The second-order valence-corrected chi connectivity index (χ2v) is 11.5. The van der Waals surface area contributed by atoms with Crippen molar-refractivity contribution in [2.45, 2.75) is 26.3 Å². The fraction of sp³-hybridized carbons (Fsp3) is 0.346. The molecule has 0 unspecified atom stereocenters. The van der Waals surface area contributed by atoms with Crippen LogP contribution in [0.25, 0.3) is 0 Å². The van der Waals surface area contributed by atoms with E-state index in [-0.39, 0.29) is 18.1 Å². The van der Waals surface area contributed by atoms with E-state index >= 15 is 0 Å². The van der Waals surface area contributed by atoms with Crippen molar-refractivity contribution >= 4 is 32.9 Å². The average molecular weight is 531 g/mol. The van der Waals surface area contributed by atoms with E-state index in [0.717, 1.165) is 24.7 Å². The van der Waals surface area contributed by atoms with Crippen LogP contribution in [0.2, 0.25) is 0 Å². The summed E-state index contributed by atoms with van der Waals surface area (Å²) in [7, 11) is -0.383. The Morgan fingerprint density at radius 1 is 1.06 bits per heavy atom. The number of aromatic nitrogens is 1. The number of benzene rings is 2. The van der Waals surface area contributed by atoms with Crippen LogP contribution in [0.15, 0.2) is 47.8 Å². The molecule has 0 radical (unpaired) electrons. The fourth-order valence-electron chi connectivity index (χ4n) is 3.75. The van der Waals surface area contributed by atoms with E-state index in [0.29, 0.717) is 28.6 Å². The Labute approximate surface area is 215 Å². The van der Waals surface area contributed by atoms with Gasteiger partial charge in [-0.3, -0.25) is 9.59 Å². The second-order valence-electron chi connectivity index (χ2n) is 8.44. The van der Waals surface area contributed by atoms with Crippen molar-refractivity contribution in [3.63, 3.8) is 0 Å². The number of ketones is 1. The summed E-state index contributed by atoms with van der Waals surface area (Å²) < 4.78 is 33.9. The normalized spacial score (nSPS) is 11.2. The monoisotopic (exact) mass is 530 g/mol. The molecule has 0 fully saturated rings. The van der Waals surface area contributed by atoms with E-state index in [1.54, 1.807) is 17.0 Å². The standard InChI is InChI=1S/C26H30N2O6S2/c1-18-23(33-2)13-20(14-24(18)34-3)26(30)28(12-8-11-19-9-6-5-7-10-19)15-25-27-21(16-35-25)22(29)17-36(4,31)32/h5-7,9-10,13-14,16H,8,11-12,15,17H2,1-4H3. The minimum Gasteiger partial charge on any atom is -0.496 e. The van der Waals surface area contributed by atoms with Crippen LogP contribution in [0.5, 0.6) is 11.5 Å². The molecule has 0 atom stereocenters. The number of nitrogens with zero attached hydrogens (tertiary/aromatic N) is 2. The zero-order valence-corrected chi connectivity index (χ0v) is 22.4. The molecule has 0 spiro atoms. The third-order valence-electron chi connectivity index (χ3n) is 5.58. The Balaban J connectivity index is 1.84. The zero-order valence-electron chi connectivity index (χ0n) is 20.8. The van der Waals surface area contributed by atoms with E-state index in [4.69, 9.17) is 9.47 Å². The second kappa shape index (κ2) is 12.1. The van der Waals surface area contributed by atoms with Crippen molar-refractivity contribution in [2.24, 2.45) is 0 Å². The van der Waals surface area contributed by atoms with Crippen LogP contribution in [-0.4, -0.2) is 62.8 Å². The average Bonchev–Trinajstić information content (AvgIpc) is 3.31. The molecule has 0 aliphatic heterocycles. The highest BCUT2D eigenvalue weighted by molar-refractivity contribution is 7.91. The van der Waals surface area contributed by atoms with Crippen molar-refractivity contribution in [3.8, 4) is 11.5 Å². The summed E-state index contributed by atoms with van der Waals surface area (Å²) >= 11 is 1.22. The van der Waals surface area contributed by atoms with Crippen LogP contribution in [-0.2, 0) is 22.8 Å². The van der Waals surface area contributed by atoms with Crippen molar-refractivity contribution < 1.29 is 27.5 Å². The number of hydrogen-bond donors (Lipinski definition) is 0. The highest BCUT2D eigenvalue weighted by Gasteiger charge is 2.22. The number of thiazole rings is 1. The Morgan fingerprint density at radius 3 is 2.28 bits per heavy atom. The summed E-state index contributed by atoms with van der Waals surface area (Å²) in [6, 6.07) is 13.4. The van der Waals surface area contributed by atoms with E-state index in [1.165, 1.54) is 36.5 Å². The molecule has 36 heavy (non-hydrogen) atoms. The van der Waals surface area contributed by atoms with Gasteiger partial charge in [-0.2, -0.15) is 0 Å². The van der Waals surface area contributed by atoms with Gasteiger partial charge in [0.25, 0.3) is 5.91 Å². The smallest absolute Gasteiger partial charge is 0.254 e. The predicted molar refractivity (Wildman–Crippen MR) is 140 cm³/mol. The fourth-order valence-corrected chi connectivity index (χ4v) is 5.19. The molecule has 2 aromatic carbocycles. The maximum atomic E-state index is 13.6. The summed E-state index contributed by atoms with van der Waals surface area (Å²) in [5.74, 6) is -0.290. The zero-order chi connectivity index (χ0) is 26.3. The number of Topliss-reactive ketones (excluding diaryl/α,β-unsaturated/α-hetero) is 1. The van der Waals surface area contributed by atoms with E-state index in [1.807, 2.05) is 37.3 Å². The third kappa shape index (κ3) is 7.38. The number of rotatable bonds is 12. The van der Waals surface area contributed by atoms with Gasteiger partial charge in [0.2, 0.25) is 0 Å². The van der Waals surface area contributed by atoms with Crippen LogP contribution >= 0.6 is 11.3 Å². The van der Waals surface area contributed by atoms with Gasteiger partial charge in [-0.15, -0.1) is 11.3 Å². The minimum absolute atomic E-state index is 0.0933. The molecule has 0 aliphatic carbocycles. The molecule has 0 saturated carbocycles. The van der Waals surface area contributed by atoms with E-state index in [2.05, 4.69) is 4.98 Å². The molecule has 3 aromatic rings. The molecule has 0 aliphatic rings. The number of sulfone groups is 1. The topological polar surface area (TPSA) is 103 Å². The Morgan fingerprint density at radius 2 is 1.69 bits per heavy atom. The number of carbonyl (C=O) groups is 2. The van der Waals surface area contributed by atoms with Gasteiger partial charge < -0.3 is 14.4 Å². The molecule has 0 N–H and O–H groups in total. The quantitative estimate of drug-likeness (QED) is 0.327. The number of amides is 1. The van der Waals surface area contributed by atoms with Gasteiger partial charge in [0.1, 0.15) is 28.0 Å². The molecule has 1 amide bonds. The first kappa shape index (κ1) is 27.3. The SMILES string of the molecule is COc1cc(C(=O)N(CCCc2ccccc2)Cc2nc(C(=O)CS(C)(=O)=O)cs2)cc(OC)c1C. The third-order valence-corrected chi connectivity index (χ3v) is 7.20. The van der Waals surface area contributed by atoms with E-state index < -0.39 is 21.4 Å². The first-order valence-electron chi connectivity index (χ1n) is 11.3. The van der Waals surface area contributed by atoms with Gasteiger partial charge in [0.15, 0.2) is 15.6 Å². The summed E-state index contributed by atoms with van der Waals surface area (Å²) in [6.45, 7) is 2.50. The molecule has 10 heteroatoms. The molecule has 0 bridgehead atoms. The summed E-state index contributed by atoms with van der Waals surface area (Å²) in [4.78, 5) is 31.9. The predicted octanol–water partition coefficient (Wildman–Crippen LogP) is 3.97. The molecule has 8 nitrogen and oxygen atoms in total. The van der Waals surface area contributed by atoms with Gasteiger partial charge in [-0.25, -0.2) is 13.4 Å². The lowest BCUT2D eigenvalue weighted by Crippen LogP contribution is -2.32. The number of hydrogen-bond acceptors (Lipinski definition) is 8. The van der Waals surface area contributed by atoms with Gasteiger partial charge in [-0.1, -0.05) is 30.3 Å². The molecule has 1 heterocycles. The van der Waals surface area contributed by atoms with Gasteiger partial charge in [-0.05, 0) is 37.5 Å². The molecule has 0 saturated heterocycles. The van der Waals surface area contributed by atoms with Gasteiger partial charge >= 0.3 is 0 Å². The highest BCUT2D eigenvalue weighted by Crippen LogP contribution is 2.30. The Bertz CT molecular complexity index is 1290. The highest BCUT2D eigenvalue weighted by atomic mass is 32.2. The van der Waals surface area contributed by atoms with Crippen LogP contribution in [0, 0.1) is 6.92 Å². The largest absolute Gasteiger partial charge is 0.496 e. The van der Waals surface area contributed by atoms with Gasteiger partial charge in [0, 0.05) is 29.3 Å². The lowest BCUT2D eigenvalue weighted by atomic mass is 10.1. The molecule has 1 aromatic heterocycles. The maximum Gasteiger partial charge on any atom is 0.254 e. The number of ether oxygens (including phenoxy) is 2. The number of aryl methyl sites for hydroxylation is 1. The summed E-state index contributed by atoms with van der Waals surface area (Å²) in [6.07, 6.45) is 2.53. The van der Waals surface area contributed by atoms with Crippen molar-refractivity contribution in [3.05, 3.63) is 75.2 Å². The first-order chi connectivity index (χ1) is 17.1.